The minimum absolute atomic E-state index is 0.131. The quantitative estimate of drug-likeness (QED) is 0.425. The van der Waals surface area contributed by atoms with E-state index in [4.69, 9.17) is 10.7 Å². The summed E-state index contributed by atoms with van der Waals surface area (Å²) in [6, 6.07) is 16.9. The van der Waals surface area contributed by atoms with E-state index in [0.29, 0.717) is 5.56 Å². The third kappa shape index (κ3) is 5.11. The first-order valence-electron chi connectivity index (χ1n) is 12.6. The van der Waals surface area contributed by atoms with Gasteiger partial charge in [0.05, 0.1) is 16.8 Å². The standard InChI is InChI=1S/C29H34N6O/c1-29(2,3)23-9-7-21(8-10-23)28-32-24-5-4-6-25(26(24)33-28)35-15-13-34(14-16-35)12-11-20-17-22(27(30)36)19-31-18-20/h4-10,17-19H,11-16H2,1-3H3,(H2,30,36)(H,32,33). The molecule has 0 bridgehead atoms. The van der Waals surface area contributed by atoms with Gasteiger partial charge in [-0.25, -0.2) is 4.98 Å². The SMILES string of the molecule is CC(C)(C)c1ccc(-c2nc3c(N4CCN(CCc5cncc(C(N)=O)c5)CC4)cccc3[nH]2)cc1. The first kappa shape index (κ1) is 24.0. The fourth-order valence-electron chi connectivity index (χ4n) is 4.80. The molecular weight excluding hydrogens is 448 g/mol. The maximum absolute atomic E-state index is 11.4. The van der Waals surface area contributed by atoms with E-state index in [-0.39, 0.29) is 5.41 Å². The zero-order chi connectivity index (χ0) is 25.3. The molecule has 1 saturated heterocycles. The molecular formula is C29H34N6O. The number of rotatable bonds is 6. The van der Waals surface area contributed by atoms with Crippen molar-refractivity contribution in [3.05, 3.63) is 77.6 Å². The van der Waals surface area contributed by atoms with Gasteiger partial charge in [-0.05, 0) is 41.2 Å². The van der Waals surface area contributed by atoms with E-state index in [9.17, 15) is 4.79 Å². The number of aromatic amines is 1. The Balaban J connectivity index is 1.25. The van der Waals surface area contributed by atoms with Gasteiger partial charge in [0.15, 0.2) is 0 Å². The number of primary amides is 1. The number of para-hydroxylation sites is 1. The molecule has 0 radical (unpaired) electrons. The minimum atomic E-state index is -0.435. The second-order valence-electron chi connectivity index (χ2n) is 10.6. The van der Waals surface area contributed by atoms with Gasteiger partial charge in [-0.15, -0.1) is 0 Å². The minimum Gasteiger partial charge on any atom is -0.367 e. The lowest BCUT2D eigenvalue weighted by atomic mass is 9.87. The summed E-state index contributed by atoms with van der Waals surface area (Å²) in [5.41, 5.74) is 12.7. The zero-order valence-corrected chi connectivity index (χ0v) is 21.3. The second kappa shape index (κ2) is 9.74. The van der Waals surface area contributed by atoms with Crippen LogP contribution in [-0.4, -0.2) is 58.5 Å². The molecule has 36 heavy (non-hydrogen) atoms. The molecule has 1 aliphatic heterocycles. The number of nitrogens with one attached hydrogen (secondary N) is 1. The van der Waals surface area contributed by atoms with Gasteiger partial charge >= 0.3 is 0 Å². The van der Waals surface area contributed by atoms with E-state index in [0.717, 1.165) is 67.1 Å². The molecule has 0 spiro atoms. The zero-order valence-electron chi connectivity index (χ0n) is 21.3. The van der Waals surface area contributed by atoms with Crippen LogP contribution in [-0.2, 0) is 11.8 Å². The number of fused-ring (bicyclic) bond motifs is 1. The molecule has 0 unspecified atom stereocenters. The highest BCUT2D eigenvalue weighted by molar-refractivity contribution is 5.92. The molecule has 0 aliphatic carbocycles. The van der Waals surface area contributed by atoms with E-state index >= 15 is 0 Å². The van der Waals surface area contributed by atoms with Crippen molar-refractivity contribution in [1.82, 2.24) is 19.9 Å². The molecule has 1 fully saturated rings. The first-order chi connectivity index (χ1) is 17.3. The summed E-state index contributed by atoms with van der Waals surface area (Å²) in [5, 5.41) is 0. The molecule has 7 heteroatoms. The summed E-state index contributed by atoms with van der Waals surface area (Å²) in [6.45, 7) is 11.5. The third-order valence-corrected chi connectivity index (χ3v) is 7.02. The van der Waals surface area contributed by atoms with Crippen molar-refractivity contribution in [2.45, 2.75) is 32.6 Å². The Hall–Kier alpha value is -3.71. The number of H-pyrrole nitrogens is 1. The van der Waals surface area contributed by atoms with Crippen molar-refractivity contribution in [2.75, 3.05) is 37.6 Å². The molecule has 0 atom stereocenters. The fraction of sp³-hybridized carbons (Fsp3) is 0.345. The van der Waals surface area contributed by atoms with Crippen LogP contribution in [0.1, 0.15) is 42.3 Å². The van der Waals surface area contributed by atoms with Crippen LogP contribution in [0.2, 0.25) is 0 Å². The molecule has 1 aliphatic rings. The maximum atomic E-state index is 11.4. The number of nitrogens with zero attached hydrogens (tertiary/aromatic N) is 4. The monoisotopic (exact) mass is 482 g/mol. The van der Waals surface area contributed by atoms with E-state index in [1.54, 1.807) is 0 Å². The molecule has 7 nitrogen and oxygen atoms in total. The Labute approximate surface area is 212 Å². The molecule has 0 saturated carbocycles. The number of anilines is 1. The molecule has 3 heterocycles. The summed E-state index contributed by atoms with van der Waals surface area (Å²) >= 11 is 0. The fourth-order valence-corrected chi connectivity index (χ4v) is 4.80. The summed E-state index contributed by atoms with van der Waals surface area (Å²) in [4.78, 5) is 29.0. The van der Waals surface area contributed by atoms with Crippen LogP contribution in [0.15, 0.2) is 60.9 Å². The van der Waals surface area contributed by atoms with Crippen LogP contribution < -0.4 is 10.6 Å². The summed E-state index contributed by atoms with van der Waals surface area (Å²) in [6.07, 6.45) is 4.18. The molecule has 4 aromatic rings. The molecule has 2 aromatic carbocycles. The lowest BCUT2D eigenvalue weighted by molar-refractivity contribution is 0.1000. The molecule has 3 N–H and O–H groups in total. The van der Waals surface area contributed by atoms with Gasteiger partial charge < -0.3 is 15.6 Å². The number of hydrogen-bond acceptors (Lipinski definition) is 5. The smallest absolute Gasteiger partial charge is 0.250 e. The van der Waals surface area contributed by atoms with Gasteiger partial charge in [0.2, 0.25) is 5.91 Å². The third-order valence-electron chi connectivity index (χ3n) is 7.02. The van der Waals surface area contributed by atoms with Crippen molar-refractivity contribution in [2.24, 2.45) is 5.73 Å². The average Bonchev–Trinajstić information content (AvgIpc) is 3.32. The Bertz CT molecular complexity index is 1360. The van der Waals surface area contributed by atoms with Crippen LogP contribution in [0.25, 0.3) is 22.4 Å². The van der Waals surface area contributed by atoms with Crippen molar-refractivity contribution in [1.29, 1.82) is 0 Å². The Morgan fingerprint density at radius 3 is 2.47 bits per heavy atom. The molecule has 1 amide bonds. The van der Waals surface area contributed by atoms with Crippen molar-refractivity contribution in [3.63, 3.8) is 0 Å². The van der Waals surface area contributed by atoms with Gasteiger partial charge in [0, 0.05) is 50.7 Å². The van der Waals surface area contributed by atoms with Gasteiger partial charge in [-0.2, -0.15) is 0 Å². The van der Waals surface area contributed by atoms with Crippen LogP contribution in [0, 0.1) is 0 Å². The van der Waals surface area contributed by atoms with E-state index < -0.39 is 5.91 Å². The molecule has 2 aromatic heterocycles. The van der Waals surface area contributed by atoms with Crippen LogP contribution in [0.4, 0.5) is 5.69 Å². The predicted molar refractivity (Wildman–Crippen MR) is 145 cm³/mol. The second-order valence-corrected chi connectivity index (χ2v) is 10.6. The van der Waals surface area contributed by atoms with Crippen LogP contribution >= 0.6 is 0 Å². The van der Waals surface area contributed by atoms with Gasteiger partial charge in [0.1, 0.15) is 11.3 Å². The van der Waals surface area contributed by atoms with Crippen molar-refractivity contribution in [3.8, 4) is 11.4 Å². The van der Waals surface area contributed by atoms with Crippen molar-refractivity contribution < 1.29 is 4.79 Å². The van der Waals surface area contributed by atoms with Crippen LogP contribution in [0.5, 0.6) is 0 Å². The number of hydrogen-bond donors (Lipinski definition) is 2. The topological polar surface area (TPSA) is 91.1 Å². The first-order valence-corrected chi connectivity index (χ1v) is 12.6. The highest BCUT2D eigenvalue weighted by Crippen LogP contribution is 2.30. The Morgan fingerprint density at radius 1 is 1.03 bits per heavy atom. The number of carbonyl (C=O) groups is 1. The Morgan fingerprint density at radius 2 is 1.78 bits per heavy atom. The number of nitrogens with two attached hydrogens (primary N) is 1. The van der Waals surface area contributed by atoms with E-state index in [1.807, 2.05) is 12.3 Å². The number of imidazole rings is 1. The highest BCUT2D eigenvalue weighted by Gasteiger charge is 2.21. The largest absolute Gasteiger partial charge is 0.367 e. The van der Waals surface area contributed by atoms with Gasteiger partial charge in [-0.3, -0.25) is 14.7 Å². The number of benzene rings is 2. The number of amides is 1. The van der Waals surface area contributed by atoms with Gasteiger partial charge in [-0.1, -0.05) is 51.1 Å². The number of pyridine rings is 1. The van der Waals surface area contributed by atoms with Crippen LogP contribution in [0.3, 0.4) is 0 Å². The summed E-state index contributed by atoms with van der Waals surface area (Å²) < 4.78 is 0. The highest BCUT2D eigenvalue weighted by atomic mass is 16.1. The predicted octanol–water partition coefficient (Wildman–Crippen LogP) is 4.39. The van der Waals surface area contributed by atoms with E-state index in [1.165, 1.54) is 17.4 Å². The summed E-state index contributed by atoms with van der Waals surface area (Å²) in [5.74, 6) is 0.471. The number of piperazine rings is 1. The number of aromatic nitrogens is 3. The number of carbonyl (C=O) groups excluding carboxylic acids is 1. The van der Waals surface area contributed by atoms with Gasteiger partial charge in [0.25, 0.3) is 0 Å². The van der Waals surface area contributed by atoms with E-state index in [2.05, 4.69) is 83.0 Å². The lowest BCUT2D eigenvalue weighted by Gasteiger charge is -2.36. The normalized spacial score (nSPS) is 14.9. The lowest BCUT2D eigenvalue weighted by Crippen LogP contribution is -2.47. The average molecular weight is 483 g/mol. The molecule has 186 valence electrons. The molecule has 5 rings (SSSR count). The Kier molecular flexibility index (Phi) is 6.49. The summed E-state index contributed by atoms with van der Waals surface area (Å²) in [7, 11) is 0. The van der Waals surface area contributed by atoms with Crippen molar-refractivity contribution >= 4 is 22.6 Å². The maximum Gasteiger partial charge on any atom is 0.250 e.